The van der Waals surface area contributed by atoms with E-state index in [0.29, 0.717) is 0 Å². The number of rotatable bonds is 2. The minimum Gasteiger partial charge on any atom is -0.269 e. The summed E-state index contributed by atoms with van der Waals surface area (Å²) in [4.78, 5) is 14.5. The minimum atomic E-state index is -6.49. The van der Waals surface area contributed by atoms with E-state index >= 15 is 0 Å². The SMILES string of the molecule is O=c1cc(C(F)(F)C(F)(F)C(F)(F)F)nc2ccccn12. The van der Waals surface area contributed by atoms with Crippen LogP contribution in [-0.4, -0.2) is 21.5 Å². The number of hydrogen-bond acceptors (Lipinski definition) is 2. The molecule has 2 aromatic rings. The van der Waals surface area contributed by atoms with Gasteiger partial charge < -0.3 is 0 Å². The molecule has 0 aromatic carbocycles. The number of alkyl halides is 7. The monoisotopic (exact) mass is 314 g/mol. The maximum absolute atomic E-state index is 13.5. The second kappa shape index (κ2) is 4.43. The average Bonchev–Trinajstić information content (AvgIpc) is 2.37. The summed E-state index contributed by atoms with van der Waals surface area (Å²) in [6.45, 7) is 0. The highest BCUT2D eigenvalue weighted by Gasteiger charge is 2.74. The van der Waals surface area contributed by atoms with Crippen LogP contribution in [0.15, 0.2) is 35.3 Å². The van der Waals surface area contributed by atoms with Crippen LogP contribution in [-0.2, 0) is 5.92 Å². The van der Waals surface area contributed by atoms with Gasteiger partial charge in [0.2, 0.25) is 0 Å². The van der Waals surface area contributed by atoms with Gasteiger partial charge in [-0.25, -0.2) is 4.98 Å². The number of nitrogens with zero attached hydrogens (tertiary/aromatic N) is 2. The zero-order valence-electron chi connectivity index (χ0n) is 9.84. The first kappa shape index (κ1) is 15.3. The van der Waals surface area contributed by atoms with E-state index < -0.39 is 34.9 Å². The largest absolute Gasteiger partial charge is 0.460 e. The highest BCUT2D eigenvalue weighted by atomic mass is 19.4. The third-order valence-electron chi connectivity index (χ3n) is 2.64. The molecular formula is C11H5F7N2O. The van der Waals surface area contributed by atoms with Crippen LogP contribution in [0, 0.1) is 0 Å². The molecule has 0 atom stereocenters. The summed E-state index contributed by atoms with van der Waals surface area (Å²) in [7, 11) is 0. The number of fused-ring (bicyclic) bond motifs is 1. The van der Waals surface area contributed by atoms with Gasteiger partial charge in [0.1, 0.15) is 11.3 Å². The van der Waals surface area contributed by atoms with E-state index in [4.69, 9.17) is 0 Å². The van der Waals surface area contributed by atoms with Crippen molar-refractivity contribution in [2.75, 3.05) is 0 Å². The number of aromatic nitrogens is 2. The molecule has 3 nitrogen and oxygen atoms in total. The number of halogens is 7. The summed E-state index contributed by atoms with van der Waals surface area (Å²) in [6.07, 6.45) is -5.38. The fourth-order valence-electron chi connectivity index (χ4n) is 1.55. The summed E-state index contributed by atoms with van der Waals surface area (Å²) in [5.74, 6) is -12.0. The van der Waals surface area contributed by atoms with Crippen LogP contribution in [0.3, 0.4) is 0 Å². The maximum Gasteiger partial charge on any atom is 0.460 e. The van der Waals surface area contributed by atoms with Gasteiger partial charge in [-0.2, -0.15) is 30.7 Å². The average molecular weight is 314 g/mol. The second-order valence-electron chi connectivity index (χ2n) is 4.06. The first-order chi connectivity index (χ1) is 9.48. The van der Waals surface area contributed by atoms with Crippen molar-refractivity contribution in [3.05, 3.63) is 46.5 Å². The molecule has 21 heavy (non-hydrogen) atoms. The molecule has 2 rings (SSSR count). The number of hydrogen-bond donors (Lipinski definition) is 0. The Bertz CT molecular complexity index is 735. The molecule has 0 N–H and O–H groups in total. The first-order valence-corrected chi connectivity index (χ1v) is 5.30. The fraction of sp³-hybridized carbons (Fsp3) is 0.273. The van der Waals surface area contributed by atoms with Crippen molar-refractivity contribution in [1.29, 1.82) is 0 Å². The van der Waals surface area contributed by atoms with Crippen molar-refractivity contribution < 1.29 is 30.7 Å². The van der Waals surface area contributed by atoms with Gasteiger partial charge in [-0.15, -0.1) is 0 Å². The number of pyridine rings is 1. The predicted molar refractivity (Wildman–Crippen MR) is 56.4 cm³/mol. The summed E-state index contributed by atoms with van der Waals surface area (Å²) in [6, 6.07) is 3.56. The molecule has 2 aromatic heterocycles. The molecule has 0 aliphatic rings. The summed E-state index contributed by atoms with van der Waals surface area (Å²) in [5, 5.41) is 0. The van der Waals surface area contributed by atoms with Crippen molar-refractivity contribution >= 4 is 5.65 Å². The molecule has 0 spiro atoms. The van der Waals surface area contributed by atoms with Gasteiger partial charge in [0.15, 0.2) is 0 Å². The topological polar surface area (TPSA) is 34.4 Å². The van der Waals surface area contributed by atoms with Gasteiger partial charge in [-0.3, -0.25) is 9.20 Å². The van der Waals surface area contributed by atoms with E-state index in [9.17, 15) is 35.5 Å². The molecule has 114 valence electrons. The Kier molecular flexibility index (Phi) is 3.22. The van der Waals surface area contributed by atoms with E-state index in [-0.39, 0.29) is 6.07 Å². The van der Waals surface area contributed by atoms with Crippen LogP contribution >= 0.6 is 0 Å². The molecule has 10 heteroatoms. The lowest BCUT2D eigenvalue weighted by molar-refractivity contribution is -0.360. The highest BCUT2D eigenvalue weighted by Crippen LogP contribution is 2.51. The Labute approximate surface area is 111 Å². The molecule has 0 fully saturated rings. The van der Waals surface area contributed by atoms with Gasteiger partial charge >= 0.3 is 18.0 Å². The Morgan fingerprint density at radius 2 is 1.62 bits per heavy atom. The van der Waals surface area contributed by atoms with Crippen molar-refractivity contribution in [1.82, 2.24) is 9.38 Å². The van der Waals surface area contributed by atoms with Crippen molar-refractivity contribution in [3.63, 3.8) is 0 Å². The standard InChI is InChI=1S/C11H5F7N2O/c12-9(13,10(14,15)11(16,17)18)6-5-8(21)20-4-2-1-3-7(20)19-6/h1-5H. The lowest BCUT2D eigenvalue weighted by atomic mass is 10.1. The third-order valence-corrected chi connectivity index (χ3v) is 2.64. The molecule has 0 aliphatic heterocycles. The van der Waals surface area contributed by atoms with Crippen LogP contribution in [0.4, 0.5) is 30.7 Å². The van der Waals surface area contributed by atoms with Crippen molar-refractivity contribution in [3.8, 4) is 0 Å². The molecule has 0 radical (unpaired) electrons. The first-order valence-electron chi connectivity index (χ1n) is 5.30. The van der Waals surface area contributed by atoms with Gasteiger partial charge in [0.05, 0.1) is 0 Å². The van der Waals surface area contributed by atoms with Gasteiger partial charge in [0.25, 0.3) is 5.56 Å². The molecule has 0 bridgehead atoms. The van der Waals surface area contributed by atoms with Gasteiger partial charge in [0, 0.05) is 12.3 Å². The second-order valence-corrected chi connectivity index (χ2v) is 4.06. The zero-order chi connectivity index (χ0) is 16.1. The van der Waals surface area contributed by atoms with Crippen LogP contribution in [0.25, 0.3) is 5.65 Å². The Morgan fingerprint density at radius 3 is 2.19 bits per heavy atom. The Morgan fingerprint density at radius 1 is 1.00 bits per heavy atom. The van der Waals surface area contributed by atoms with E-state index in [1.165, 1.54) is 12.1 Å². The molecule has 0 aliphatic carbocycles. The fourth-order valence-corrected chi connectivity index (χ4v) is 1.55. The van der Waals surface area contributed by atoms with Crippen molar-refractivity contribution in [2.45, 2.75) is 18.0 Å². The Balaban J connectivity index is 2.68. The smallest absolute Gasteiger partial charge is 0.269 e. The quantitative estimate of drug-likeness (QED) is 0.799. The minimum absolute atomic E-state index is 0.0490. The summed E-state index contributed by atoms with van der Waals surface area (Å²) >= 11 is 0. The van der Waals surface area contributed by atoms with E-state index in [1.54, 1.807) is 0 Å². The normalized spacial score (nSPS) is 13.7. The van der Waals surface area contributed by atoms with E-state index in [0.717, 1.165) is 16.7 Å². The molecular weight excluding hydrogens is 309 g/mol. The Hall–Kier alpha value is -2.13. The summed E-state index contributed by atoms with van der Waals surface area (Å²) < 4.78 is 89.7. The van der Waals surface area contributed by atoms with E-state index in [1.807, 2.05) is 0 Å². The molecule has 2 heterocycles. The zero-order valence-corrected chi connectivity index (χ0v) is 9.84. The molecule has 0 unspecified atom stereocenters. The van der Waals surface area contributed by atoms with Crippen LogP contribution < -0.4 is 5.56 Å². The predicted octanol–water partition coefficient (Wildman–Crippen LogP) is 2.98. The van der Waals surface area contributed by atoms with Gasteiger partial charge in [-0.1, -0.05) is 6.07 Å². The highest BCUT2D eigenvalue weighted by molar-refractivity contribution is 5.39. The molecule has 0 saturated carbocycles. The lowest BCUT2D eigenvalue weighted by Gasteiger charge is -2.27. The summed E-state index contributed by atoms with van der Waals surface area (Å²) in [5.41, 5.74) is -3.62. The van der Waals surface area contributed by atoms with Gasteiger partial charge in [-0.05, 0) is 12.1 Å². The van der Waals surface area contributed by atoms with Crippen LogP contribution in [0.5, 0.6) is 0 Å². The maximum atomic E-state index is 13.5. The van der Waals surface area contributed by atoms with Crippen LogP contribution in [0.1, 0.15) is 5.69 Å². The lowest BCUT2D eigenvalue weighted by Crippen LogP contribution is -2.50. The third kappa shape index (κ3) is 2.24. The van der Waals surface area contributed by atoms with Crippen molar-refractivity contribution in [2.24, 2.45) is 0 Å². The molecule has 0 amide bonds. The molecule has 0 saturated heterocycles. The van der Waals surface area contributed by atoms with Crippen LogP contribution in [0.2, 0.25) is 0 Å². The van der Waals surface area contributed by atoms with E-state index in [2.05, 4.69) is 4.98 Å².